The molecule has 3 rings (SSSR count). The summed E-state index contributed by atoms with van der Waals surface area (Å²) < 4.78 is 0. The molecule has 5 nitrogen and oxygen atoms in total. The van der Waals surface area contributed by atoms with Crippen LogP contribution in [0.5, 0.6) is 0 Å². The van der Waals surface area contributed by atoms with E-state index in [0.717, 1.165) is 22.5 Å². The summed E-state index contributed by atoms with van der Waals surface area (Å²) in [5, 5.41) is 2.96. The Labute approximate surface area is 140 Å². The van der Waals surface area contributed by atoms with Crippen LogP contribution < -0.4 is 5.32 Å². The zero-order valence-corrected chi connectivity index (χ0v) is 13.6. The molecule has 0 aliphatic rings. The molecule has 1 aromatic carbocycles. The van der Waals surface area contributed by atoms with Crippen molar-refractivity contribution in [2.75, 3.05) is 0 Å². The second-order valence-electron chi connectivity index (χ2n) is 5.59. The summed E-state index contributed by atoms with van der Waals surface area (Å²) in [6.07, 6.45) is 6.67. The zero-order chi connectivity index (χ0) is 16.9. The number of pyridine rings is 1. The second-order valence-corrected chi connectivity index (χ2v) is 5.59. The van der Waals surface area contributed by atoms with Gasteiger partial charge in [0.15, 0.2) is 0 Å². The van der Waals surface area contributed by atoms with Gasteiger partial charge >= 0.3 is 0 Å². The van der Waals surface area contributed by atoms with E-state index in [9.17, 15) is 4.79 Å². The lowest BCUT2D eigenvalue weighted by atomic mass is 10.0. The Morgan fingerprint density at radius 3 is 2.58 bits per heavy atom. The highest BCUT2D eigenvalue weighted by atomic mass is 16.1. The predicted molar refractivity (Wildman–Crippen MR) is 92.3 cm³/mol. The number of carbonyl (C=O) groups is 1. The molecule has 0 saturated heterocycles. The van der Waals surface area contributed by atoms with E-state index < -0.39 is 0 Å². The first-order valence-electron chi connectivity index (χ1n) is 7.74. The predicted octanol–water partition coefficient (Wildman–Crippen LogP) is 3.34. The van der Waals surface area contributed by atoms with E-state index in [1.54, 1.807) is 30.9 Å². The molecule has 0 aliphatic carbocycles. The lowest BCUT2D eigenvalue weighted by molar-refractivity contribution is 0.0939. The Balaban J connectivity index is 1.87. The monoisotopic (exact) mass is 318 g/mol. The smallest absolute Gasteiger partial charge is 0.252 e. The molecule has 24 heavy (non-hydrogen) atoms. The van der Waals surface area contributed by atoms with Crippen LogP contribution in [-0.2, 0) is 0 Å². The highest BCUT2D eigenvalue weighted by Gasteiger charge is 2.16. The third-order valence-electron chi connectivity index (χ3n) is 3.73. The number of benzene rings is 1. The van der Waals surface area contributed by atoms with E-state index in [4.69, 9.17) is 0 Å². The lowest BCUT2D eigenvalue weighted by Crippen LogP contribution is -2.27. The highest BCUT2D eigenvalue weighted by Crippen LogP contribution is 2.22. The Morgan fingerprint density at radius 2 is 1.88 bits per heavy atom. The fourth-order valence-corrected chi connectivity index (χ4v) is 2.41. The van der Waals surface area contributed by atoms with Gasteiger partial charge in [0, 0.05) is 29.7 Å². The molecule has 5 heteroatoms. The van der Waals surface area contributed by atoms with Gasteiger partial charge in [0.2, 0.25) is 0 Å². The number of aryl methyl sites for hydroxylation is 1. The molecule has 0 radical (unpaired) electrons. The van der Waals surface area contributed by atoms with E-state index in [0.29, 0.717) is 5.56 Å². The average Bonchev–Trinajstić information content (AvgIpc) is 2.63. The van der Waals surface area contributed by atoms with Gasteiger partial charge in [-0.15, -0.1) is 0 Å². The van der Waals surface area contributed by atoms with Gasteiger partial charge in [-0.3, -0.25) is 19.7 Å². The quantitative estimate of drug-likeness (QED) is 0.801. The van der Waals surface area contributed by atoms with Crippen LogP contribution in [0.25, 0.3) is 11.3 Å². The van der Waals surface area contributed by atoms with Crippen molar-refractivity contribution >= 4 is 5.91 Å². The van der Waals surface area contributed by atoms with Gasteiger partial charge in [-0.2, -0.15) is 0 Å². The third kappa shape index (κ3) is 3.46. The molecule has 3 aromatic rings. The van der Waals surface area contributed by atoms with E-state index in [2.05, 4.69) is 20.3 Å². The Morgan fingerprint density at radius 1 is 1.04 bits per heavy atom. The van der Waals surface area contributed by atoms with Crippen LogP contribution in [0.2, 0.25) is 0 Å². The average molecular weight is 318 g/mol. The van der Waals surface area contributed by atoms with E-state index in [-0.39, 0.29) is 11.9 Å². The van der Waals surface area contributed by atoms with Crippen molar-refractivity contribution in [3.63, 3.8) is 0 Å². The third-order valence-corrected chi connectivity index (χ3v) is 3.73. The number of hydrogen-bond acceptors (Lipinski definition) is 4. The second kappa shape index (κ2) is 7.00. The summed E-state index contributed by atoms with van der Waals surface area (Å²) in [5.41, 5.74) is 3.97. The molecule has 2 aromatic heterocycles. The number of carbonyl (C=O) groups excluding carboxylic acids is 1. The number of hydrogen-bond donors (Lipinski definition) is 1. The molecule has 0 fully saturated rings. The molecule has 2 heterocycles. The van der Waals surface area contributed by atoms with Crippen LogP contribution in [0.15, 0.2) is 61.2 Å². The van der Waals surface area contributed by atoms with E-state index in [1.807, 2.05) is 44.2 Å². The van der Waals surface area contributed by atoms with Gasteiger partial charge in [0.25, 0.3) is 5.91 Å². The maximum absolute atomic E-state index is 12.7. The van der Waals surface area contributed by atoms with Crippen molar-refractivity contribution in [1.29, 1.82) is 0 Å². The van der Waals surface area contributed by atoms with Crippen LogP contribution in [-0.4, -0.2) is 20.9 Å². The van der Waals surface area contributed by atoms with Crippen LogP contribution in [0, 0.1) is 6.92 Å². The van der Waals surface area contributed by atoms with Gasteiger partial charge in [-0.25, -0.2) is 0 Å². The number of nitrogens with one attached hydrogen (secondary N) is 1. The van der Waals surface area contributed by atoms with Gasteiger partial charge < -0.3 is 5.32 Å². The van der Waals surface area contributed by atoms with Gasteiger partial charge in [0.1, 0.15) is 0 Å². The van der Waals surface area contributed by atoms with Crippen molar-refractivity contribution in [3.8, 4) is 11.3 Å². The number of amides is 1. The van der Waals surface area contributed by atoms with Crippen molar-refractivity contribution in [1.82, 2.24) is 20.3 Å². The normalized spacial score (nSPS) is 11.8. The van der Waals surface area contributed by atoms with E-state index >= 15 is 0 Å². The molecule has 1 N–H and O–H groups in total. The first-order chi connectivity index (χ1) is 11.6. The zero-order valence-electron chi connectivity index (χ0n) is 13.6. The SMILES string of the molecule is Cc1ccc(-c2ccccc2C(=O)NC(C)c2cnccn2)nc1. The summed E-state index contributed by atoms with van der Waals surface area (Å²) in [7, 11) is 0. The van der Waals surface area contributed by atoms with Crippen molar-refractivity contribution in [2.24, 2.45) is 0 Å². The molecule has 0 aliphatic heterocycles. The number of rotatable bonds is 4. The first kappa shape index (κ1) is 15.8. The minimum atomic E-state index is -0.231. The van der Waals surface area contributed by atoms with Crippen LogP contribution in [0.4, 0.5) is 0 Å². The Bertz CT molecular complexity index is 832. The maximum atomic E-state index is 12.7. The molecule has 120 valence electrons. The number of nitrogens with zero attached hydrogens (tertiary/aromatic N) is 3. The van der Waals surface area contributed by atoms with Crippen molar-refractivity contribution in [2.45, 2.75) is 19.9 Å². The minimum Gasteiger partial charge on any atom is -0.344 e. The lowest BCUT2D eigenvalue weighted by Gasteiger charge is -2.15. The highest BCUT2D eigenvalue weighted by molar-refractivity contribution is 6.00. The summed E-state index contributed by atoms with van der Waals surface area (Å²) in [6.45, 7) is 3.87. The van der Waals surface area contributed by atoms with Crippen molar-refractivity contribution in [3.05, 3.63) is 78.0 Å². The summed E-state index contributed by atoms with van der Waals surface area (Å²) in [6, 6.07) is 11.1. The molecular formula is C19H18N4O. The van der Waals surface area contributed by atoms with Crippen LogP contribution >= 0.6 is 0 Å². The van der Waals surface area contributed by atoms with E-state index in [1.165, 1.54) is 0 Å². The van der Waals surface area contributed by atoms with Gasteiger partial charge in [-0.1, -0.05) is 24.3 Å². The molecule has 1 amide bonds. The summed E-state index contributed by atoms with van der Waals surface area (Å²) in [4.78, 5) is 25.4. The topological polar surface area (TPSA) is 67.8 Å². The maximum Gasteiger partial charge on any atom is 0.252 e. The standard InChI is InChI=1S/C19H18N4O/c1-13-7-8-17(22-11-13)15-5-3-4-6-16(15)19(24)23-14(2)18-12-20-9-10-21-18/h3-12,14H,1-2H3,(H,23,24). The van der Waals surface area contributed by atoms with Crippen LogP contribution in [0.3, 0.4) is 0 Å². The van der Waals surface area contributed by atoms with Gasteiger partial charge in [-0.05, 0) is 31.5 Å². The fraction of sp³-hybridized carbons (Fsp3) is 0.158. The van der Waals surface area contributed by atoms with Crippen molar-refractivity contribution < 1.29 is 4.79 Å². The molecule has 0 bridgehead atoms. The first-order valence-corrected chi connectivity index (χ1v) is 7.74. The van der Waals surface area contributed by atoms with Crippen LogP contribution in [0.1, 0.15) is 34.6 Å². The fourth-order valence-electron chi connectivity index (χ4n) is 2.41. The van der Waals surface area contributed by atoms with Gasteiger partial charge in [0.05, 0.1) is 23.6 Å². The molecule has 0 saturated carbocycles. The molecular weight excluding hydrogens is 300 g/mol. The summed E-state index contributed by atoms with van der Waals surface area (Å²) >= 11 is 0. The largest absolute Gasteiger partial charge is 0.344 e. The molecule has 1 unspecified atom stereocenters. The molecule has 1 atom stereocenters. The molecule has 0 spiro atoms. The minimum absolute atomic E-state index is 0.161. The number of aromatic nitrogens is 3. The Hall–Kier alpha value is -3.08. The summed E-state index contributed by atoms with van der Waals surface area (Å²) in [5.74, 6) is -0.161. The Kier molecular flexibility index (Phi) is 4.61.